The molecule has 3 aromatic rings. The first-order valence-corrected chi connectivity index (χ1v) is 8.86. The van der Waals surface area contributed by atoms with Gasteiger partial charge in [0, 0.05) is 11.1 Å². The number of H-pyrrole nitrogens is 1. The Morgan fingerprint density at radius 2 is 1.64 bits per heavy atom. The van der Waals surface area contributed by atoms with E-state index in [1.165, 1.54) is 5.56 Å². The van der Waals surface area contributed by atoms with E-state index in [0.29, 0.717) is 18.0 Å². The standard InChI is InChI=1S/C22H24N2O/c1-4-16-10-12-18(13-11-16)21-20(17-8-6-5-7-9-17)23-19(14-15(2)3)22(25)24-21/h5-13,15H,4,14H2,1-3H3,(H,24,25). The summed E-state index contributed by atoms with van der Waals surface area (Å²) in [6, 6.07) is 18.4. The van der Waals surface area contributed by atoms with Crippen molar-refractivity contribution in [2.45, 2.75) is 33.6 Å². The molecule has 128 valence electrons. The summed E-state index contributed by atoms with van der Waals surface area (Å²) in [4.78, 5) is 20.4. The average molecular weight is 332 g/mol. The highest BCUT2D eigenvalue weighted by Gasteiger charge is 2.15. The minimum atomic E-state index is -0.0945. The Bertz CT molecular complexity index is 894. The fourth-order valence-electron chi connectivity index (χ4n) is 2.93. The van der Waals surface area contributed by atoms with Crippen LogP contribution in [0.1, 0.15) is 32.0 Å². The second-order valence-electron chi connectivity index (χ2n) is 6.75. The molecule has 3 rings (SSSR count). The lowest BCUT2D eigenvalue weighted by molar-refractivity contribution is 0.629. The van der Waals surface area contributed by atoms with Crippen molar-refractivity contribution in [3.05, 3.63) is 76.2 Å². The Labute approximate surface area is 148 Å². The highest BCUT2D eigenvalue weighted by atomic mass is 16.1. The van der Waals surface area contributed by atoms with E-state index >= 15 is 0 Å². The lowest BCUT2D eigenvalue weighted by Crippen LogP contribution is -2.19. The molecule has 0 aliphatic rings. The fraction of sp³-hybridized carbons (Fsp3) is 0.273. The van der Waals surface area contributed by atoms with Crippen LogP contribution in [0.4, 0.5) is 0 Å². The minimum Gasteiger partial charge on any atom is -0.319 e. The van der Waals surface area contributed by atoms with E-state index in [0.717, 1.165) is 28.9 Å². The number of benzene rings is 2. The Kier molecular flexibility index (Phi) is 5.13. The van der Waals surface area contributed by atoms with E-state index in [1.807, 2.05) is 30.3 Å². The van der Waals surface area contributed by atoms with Crippen molar-refractivity contribution < 1.29 is 0 Å². The summed E-state index contributed by atoms with van der Waals surface area (Å²) in [6.07, 6.45) is 1.66. The SMILES string of the molecule is CCc1ccc(-c2[nH]c(=O)c(CC(C)C)nc2-c2ccccc2)cc1. The monoisotopic (exact) mass is 332 g/mol. The second-order valence-corrected chi connectivity index (χ2v) is 6.75. The zero-order valence-electron chi connectivity index (χ0n) is 15.0. The Hall–Kier alpha value is -2.68. The summed E-state index contributed by atoms with van der Waals surface area (Å²) in [5, 5.41) is 0. The number of hydrogen-bond acceptors (Lipinski definition) is 2. The number of nitrogens with one attached hydrogen (secondary N) is 1. The van der Waals surface area contributed by atoms with Crippen LogP contribution in [0.2, 0.25) is 0 Å². The quantitative estimate of drug-likeness (QED) is 0.725. The number of nitrogens with zero attached hydrogens (tertiary/aromatic N) is 1. The average Bonchev–Trinajstić information content (AvgIpc) is 2.63. The van der Waals surface area contributed by atoms with Crippen LogP contribution in [-0.2, 0) is 12.8 Å². The van der Waals surface area contributed by atoms with Gasteiger partial charge in [0.15, 0.2) is 0 Å². The number of rotatable bonds is 5. The maximum atomic E-state index is 12.5. The third-order valence-electron chi connectivity index (χ3n) is 4.28. The van der Waals surface area contributed by atoms with Crippen LogP contribution in [-0.4, -0.2) is 9.97 Å². The van der Waals surface area contributed by atoms with Crippen LogP contribution >= 0.6 is 0 Å². The van der Waals surface area contributed by atoms with Crippen molar-refractivity contribution >= 4 is 0 Å². The van der Waals surface area contributed by atoms with Crippen LogP contribution < -0.4 is 5.56 Å². The van der Waals surface area contributed by atoms with Crippen molar-refractivity contribution in [1.82, 2.24) is 9.97 Å². The van der Waals surface area contributed by atoms with Gasteiger partial charge in [0.25, 0.3) is 5.56 Å². The first-order chi connectivity index (χ1) is 12.1. The normalized spacial score (nSPS) is 11.0. The molecule has 0 saturated carbocycles. The number of aromatic nitrogens is 2. The molecule has 0 aliphatic heterocycles. The Morgan fingerprint density at radius 1 is 0.960 bits per heavy atom. The van der Waals surface area contributed by atoms with E-state index in [-0.39, 0.29) is 5.56 Å². The van der Waals surface area contributed by atoms with Gasteiger partial charge in [0.05, 0.1) is 11.4 Å². The maximum absolute atomic E-state index is 12.5. The maximum Gasteiger partial charge on any atom is 0.270 e. The predicted octanol–water partition coefficient (Wildman–Crippen LogP) is 4.86. The number of aromatic amines is 1. The van der Waals surface area contributed by atoms with Gasteiger partial charge in [-0.05, 0) is 24.3 Å². The smallest absolute Gasteiger partial charge is 0.270 e. The molecule has 0 fully saturated rings. The van der Waals surface area contributed by atoms with Gasteiger partial charge in [-0.15, -0.1) is 0 Å². The van der Waals surface area contributed by atoms with Crippen molar-refractivity contribution in [3.8, 4) is 22.5 Å². The van der Waals surface area contributed by atoms with Crippen molar-refractivity contribution in [3.63, 3.8) is 0 Å². The molecule has 0 spiro atoms. The molecule has 1 heterocycles. The first-order valence-electron chi connectivity index (χ1n) is 8.86. The molecule has 0 aliphatic carbocycles. The summed E-state index contributed by atoms with van der Waals surface area (Å²) >= 11 is 0. The van der Waals surface area contributed by atoms with Gasteiger partial charge >= 0.3 is 0 Å². The zero-order valence-corrected chi connectivity index (χ0v) is 15.0. The molecule has 0 radical (unpaired) electrons. The van der Waals surface area contributed by atoms with Gasteiger partial charge in [0.1, 0.15) is 5.69 Å². The lowest BCUT2D eigenvalue weighted by Gasteiger charge is -2.12. The Morgan fingerprint density at radius 3 is 2.24 bits per heavy atom. The van der Waals surface area contributed by atoms with Crippen LogP contribution in [0.3, 0.4) is 0 Å². The molecular weight excluding hydrogens is 308 g/mol. The molecule has 0 unspecified atom stereocenters. The minimum absolute atomic E-state index is 0.0945. The van der Waals surface area contributed by atoms with Gasteiger partial charge in [-0.1, -0.05) is 75.4 Å². The van der Waals surface area contributed by atoms with Crippen LogP contribution in [0, 0.1) is 5.92 Å². The van der Waals surface area contributed by atoms with Crippen molar-refractivity contribution in [1.29, 1.82) is 0 Å². The molecule has 0 bridgehead atoms. The summed E-state index contributed by atoms with van der Waals surface area (Å²) < 4.78 is 0. The predicted molar refractivity (Wildman–Crippen MR) is 104 cm³/mol. The molecule has 0 amide bonds. The first kappa shape index (κ1) is 17.2. The number of hydrogen-bond donors (Lipinski definition) is 1. The summed E-state index contributed by atoms with van der Waals surface area (Å²) in [6.45, 7) is 6.33. The van der Waals surface area contributed by atoms with E-state index in [1.54, 1.807) is 0 Å². The third kappa shape index (κ3) is 3.87. The van der Waals surface area contributed by atoms with E-state index in [9.17, 15) is 4.79 Å². The van der Waals surface area contributed by atoms with E-state index in [2.05, 4.69) is 50.0 Å². The molecule has 1 N–H and O–H groups in total. The number of aryl methyl sites for hydroxylation is 1. The molecule has 25 heavy (non-hydrogen) atoms. The van der Waals surface area contributed by atoms with E-state index < -0.39 is 0 Å². The van der Waals surface area contributed by atoms with Crippen LogP contribution in [0.5, 0.6) is 0 Å². The lowest BCUT2D eigenvalue weighted by atomic mass is 10.0. The van der Waals surface area contributed by atoms with Crippen LogP contribution in [0.15, 0.2) is 59.4 Å². The largest absolute Gasteiger partial charge is 0.319 e. The van der Waals surface area contributed by atoms with Gasteiger partial charge < -0.3 is 4.98 Å². The van der Waals surface area contributed by atoms with Gasteiger partial charge in [-0.25, -0.2) is 4.98 Å². The highest BCUT2D eigenvalue weighted by Crippen LogP contribution is 2.28. The molecule has 1 aromatic heterocycles. The summed E-state index contributed by atoms with van der Waals surface area (Å²) in [5.74, 6) is 0.381. The molecular formula is C22H24N2O. The highest BCUT2D eigenvalue weighted by molar-refractivity contribution is 5.77. The third-order valence-corrected chi connectivity index (χ3v) is 4.28. The molecule has 0 atom stereocenters. The van der Waals surface area contributed by atoms with E-state index in [4.69, 9.17) is 4.98 Å². The molecule has 2 aromatic carbocycles. The van der Waals surface area contributed by atoms with Crippen molar-refractivity contribution in [2.24, 2.45) is 5.92 Å². The van der Waals surface area contributed by atoms with Gasteiger partial charge in [0.2, 0.25) is 0 Å². The zero-order chi connectivity index (χ0) is 17.8. The molecule has 3 nitrogen and oxygen atoms in total. The van der Waals surface area contributed by atoms with Crippen molar-refractivity contribution in [2.75, 3.05) is 0 Å². The summed E-state index contributed by atoms with van der Waals surface area (Å²) in [5.41, 5.74) is 5.39. The van der Waals surface area contributed by atoms with Gasteiger partial charge in [-0.2, -0.15) is 0 Å². The van der Waals surface area contributed by atoms with Crippen LogP contribution in [0.25, 0.3) is 22.5 Å². The Balaban J connectivity index is 2.18. The fourth-order valence-corrected chi connectivity index (χ4v) is 2.93. The summed E-state index contributed by atoms with van der Waals surface area (Å²) in [7, 11) is 0. The topological polar surface area (TPSA) is 45.8 Å². The molecule has 0 saturated heterocycles. The molecule has 3 heteroatoms. The second kappa shape index (κ2) is 7.47. The van der Waals surface area contributed by atoms with Gasteiger partial charge in [-0.3, -0.25) is 4.79 Å².